The first-order valence-electron chi connectivity index (χ1n) is 6.66. The molecule has 0 spiro atoms. The SMILES string of the molecule is Cc1c(Cl)nnc(N[C@@H]2CCCN(CCCl)C2)c1C. The number of nitrogens with zero attached hydrogens (tertiary/aromatic N) is 3. The van der Waals surface area contributed by atoms with Crippen molar-refractivity contribution in [2.75, 3.05) is 30.8 Å². The summed E-state index contributed by atoms with van der Waals surface area (Å²) in [7, 11) is 0. The summed E-state index contributed by atoms with van der Waals surface area (Å²) in [5, 5.41) is 12.1. The van der Waals surface area contributed by atoms with E-state index in [0.29, 0.717) is 17.1 Å². The predicted molar refractivity (Wildman–Crippen MR) is 80.3 cm³/mol. The van der Waals surface area contributed by atoms with Crippen LogP contribution in [0.25, 0.3) is 0 Å². The van der Waals surface area contributed by atoms with Gasteiger partial charge in [0.15, 0.2) is 11.0 Å². The number of piperidine rings is 1. The first-order chi connectivity index (χ1) is 9.11. The highest BCUT2D eigenvalue weighted by Gasteiger charge is 2.20. The van der Waals surface area contributed by atoms with Gasteiger partial charge in [-0.2, -0.15) is 0 Å². The third kappa shape index (κ3) is 3.71. The number of rotatable bonds is 4. The third-order valence-electron chi connectivity index (χ3n) is 3.71. The summed E-state index contributed by atoms with van der Waals surface area (Å²) in [5.74, 6) is 1.53. The van der Waals surface area contributed by atoms with Crippen LogP contribution in [0.5, 0.6) is 0 Å². The highest BCUT2D eigenvalue weighted by Crippen LogP contribution is 2.22. The number of anilines is 1. The Kier molecular flexibility index (Phi) is 5.25. The molecule has 1 aliphatic heterocycles. The largest absolute Gasteiger partial charge is 0.364 e. The first kappa shape index (κ1) is 14.8. The Morgan fingerprint density at radius 1 is 1.32 bits per heavy atom. The van der Waals surface area contributed by atoms with Crippen molar-refractivity contribution in [1.29, 1.82) is 0 Å². The van der Waals surface area contributed by atoms with Crippen molar-refractivity contribution in [1.82, 2.24) is 15.1 Å². The third-order valence-corrected chi connectivity index (χ3v) is 4.24. The molecule has 1 aliphatic rings. The van der Waals surface area contributed by atoms with Crippen molar-refractivity contribution < 1.29 is 0 Å². The lowest BCUT2D eigenvalue weighted by Gasteiger charge is -2.33. The van der Waals surface area contributed by atoms with Crippen LogP contribution in [0.2, 0.25) is 5.15 Å². The van der Waals surface area contributed by atoms with Gasteiger partial charge in [-0.25, -0.2) is 0 Å². The lowest BCUT2D eigenvalue weighted by atomic mass is 10.1. The van der Waals surface area contributed by atoms with Crippen molar-refractivity contribution in [3.8, 4) is 0 Å². The van der Waals surface area contributed by atoms with Crippen LogP contribution in [0.3, 0.4) is 0 Å². The molecule has 0 aromatic carbocycles. The Bertz CT molecular complexity index is 437. The maximum absolute atomic E-state index is 5.97. The van der Waals surface area contributed by atoms with Gasteiger partial charge in [0.1, 0.15) is 0 Å². The molecule has 0 saturated carbocycles. The van der Waals surface area contributed by atoms with Crippen LogP contribution >= 0.6 is 23.2 Å². The lowest BCUT2D eigenvalue weighted by molar-refractivity contribution is 0.228. The molecule has 1 aromatic heterocycles. The molecule has 1 fully saturated rings. The van der Waals surface area contributed by atoms with Gasteiger partial charge in [0, 0.05) is 25.0 Å². The number of alkyl halides is 1. The average molecular weight is 303 g/mol. The Hall–Kier alpha value is -0.580. The number of aromatic nitrogens is 2. The summed E-state index contributed by atoms with van der Waals surface area (Å²) in [6.07, 6.45) is 2.34. The Morgan fingerprint density at radius 3 is 2.84 bits per heavy atom. The van der Waals surface area contributed by atoms with Gasteiger partial charge in [0.2, 0.25) is 0 Å². The van der Waals surface area contributed by atoms with Crippen molar-refractivity contribution in [2.24, 2.45) is 0 Å². The van der Waals surface area contributed by atoms with Crippen molar-refractivity contribution in [3.05, 3.63) is 16.3 Å². The van der Waals surface area contributed by atoms with Gasteiger partial charge in [0.05, 0.1) is 0 Å². The fraction of sp³-hybridized carbons (Fsp3) is 0.692. The van der Waals surface area contributed by atoms with Gasteiger partial charge in [-0.05, 0) is 44.4 Å². The summed E-state index contributed by atoms with van der Waals surface area (Å²) in [6, 6.07) is 0.408. The van der Waals surface area contributed by atoms with E-state index in [1.165, 1.54) is 6.42 Å². The molecule has 2 heterocycles. The quantitative estimate of drug-likeness (QED) is 0.868. The number of hydrogen-bond acceptors (Lipinski definition) is 4. The molecule has 1 N–H and O–H groups in total. The number of halogens is 2. The fourth-order valence-corrected chi connectivity index (χ4v) is 2.82. The lowest BCUT2D eigenvalue weighted by Crippen LogP contribution is -2.43. The van der Waals surface area contributed by atoms with E-state index in [1.54, 1.807) is 0 Å². The minimum atomic E-state index is 0.408. The van der Waals surface area contributed by atoms with Gasteiger partial charge in [-0.1, -0.05) is 11.6 Å². The molecular formula is C13H20Cl2N4. The van der Waals surface area contributed by atoms with Gasteiger partial charge in [0.25, 0.3) is 0 Å². The highest BCUT2D eigenvalue weighted by atomic mass is 35.5. The average Bonchev–Trinajstić information content (AvgIpc) is 2.40. The minimum absolute atomic E-state index is 0.408. The van der Waals surface area contributed by atoms with E-state index in [9.17, 15) is 0 Å². The summed E-state index contributed by atoms with van der Waals surface area (Å²) in [6.45, 7) is 7.09. The normalized spacial score (nSPS) is 20.5. The van der Waals surface area contributed by atoms with E-state index >= 15 is 0 Å². The Labute approximate surface area is 124 Å². The Balaban J connectivity index is 2.03. The minimum Gasteiger partial charge on any atom is -0.364 e. The van der Waals surface area contributed by atoms with E-state index in [-0.39, 0.29) is 0 Å². The van der Waals surface area contributed by atoms with Crippen molar-refractivity contribution in [3.63, 3.8) is 0 Å². The first-order valence-corrected chi connectivity index (χ1v) is 7.57. The van der Waals surface area contributed by atoms with Crippen LogP contribution in [0, 0.1) is 13.8 Å². The van der Waals surface area contributed by atoms with Gasteiger partial charge >= 0.3 is 0 Å². The maximum Gasteiger partial charge on any atom is 0.155 e. The number of hydrogen-bond donors (Lipinski definition) is 1. The molecular weight excluding hydrogens is 283 g/mol. The fourth-order valence-electron chi connectivity index (χ4n) is 2.40. The molecule has 4 nitrogen and oxygen atoms in total. The Morgan fingerprint density at radius 2 is 2.11 bits per heavy atom. The molecule has 19 heavy (non-hydrogen) atoms. The smallest absolute Gasteiger partial charge is 0.155 e. The van der Waals surface area contributed by atoms with Crippen LogP contribution in [0.1, 0.15) is 24.0 Å². The standard InChI is InChI=1S/C13H20Cl2N4/c1-9-10(2)13(18-17-12(9)15)16-11-4-3-6-19(8-11)7-5-14/h11H,3-8H2,1-2H3,(H,16,18)/t11-/m1/s1. The molecule has 1 atom stereocenters. The van der Waals surface area contributed by atoms with Crippen molar-refractivity contribution >= 4 is 29.0 Å². The monoisotopic (exact) mass is 302 g/mol. The van der Waals surface area contributed by atoms with Crippen molar-refractivity contribution in [2.45, 2.75) is 32.7 Å². The molecule has 106 valence electrons. The van der Waals surface area contributed by atoms with E-state index < -0.39 is 0 Å². The molecule has 2 rings (SSSR count). The molecule has 1 aromatic rings. The zero-order valence-corrected chi connectivity index (χ0v) is 12.9. The molecule has 0 unspecified atom stereocenters. The van der Waals surface area contributed by atoms with Gasteiger partial charge in [-0.15, -0.1) is 21.8 Å². The zero-order valence-electron chi connectivity index (χ0n) is 11.4. The zero-order chi connectivity index (χ0) is 13.8. The summed E-state index contributed by atoms with van der Waals surface area (Å²) < 4.78 is 0. The van der Waals surface area contributed by atoms with E-state index in [1.807, 2.05) is 13.8 Å². The molecule has 0 radical (unpaired) electrons. The summed E-state index contributed by atoms with van der Waals surface area (Å²) >= 11 is 11.8. The van der Waals surface area contributed by atoms with Crippen LogP contribution in [0.4, 0.5) is 5.82 Å². The molecule has 1 saturated heterocycles. The van der Waals surface area contributed by atoms with Crippen LogP contribution in [-0.2, 0) is 0 Å². The second-order valence-electron chi connectivity index (χ2n) is 5.06. The summed E-state index contributed by atoms with van der Waals surface area (Å²) in [4.78, 5) is 2.39. The van der Waals surface area contributed by atoms with E-state index in [0.717, 1.165) is 43.0 Å². The topological polar surface area (TPSA) is 41.1 Å². The second-order valence-corrected chi connectivity index (χ2v) is 5.80. The maximum atomic E-state index is 5.97. The molecule has 6 heteroatoms. The number of likely N-dealkylation sites (tertiary alicyclic amines) is 1. The van der Waals surface area contributed by atoms with Gasteiger partial charge in [-0.3, -0.25) is 0 Å². The molecule has 0 aliphatic carbocycles. The van der Waals surface area contributed by atoms with Crippen LogP contribution < -0.4 is 5.32 Å². The molecule has 0 bridgehead atoms. The van der Waals surface area contributed by atoms with E-state index in [2.05, 4.69) is 20.4 Å². The summed E-state index contributed by atoms with van der Waals surface area (Å²) in [5.41, 5.74) is 2.07. The molecule has 0 amide bonds. The van der Waals surface area contributed by atoms with Crippen LogP contribution in [-0.4, -0.2) is 46.7 Å². The predicted octanol–water partition coefficient (Wildman–Crippen LogP) is 2.86. The van der Waals surface area contributed by atoms with Crippen LogP contribution in [0.15, 0.2) is 0 Å². The van der Waals surface area contributed by atoms with Gasteiger partial charge < -0.3 is 10.2 Å². The van der Waals surface area contributed by atoms with E-state index in [4.69, 9.17) is 23.2 Å². The highest BCUT2D eigenvalue weighted by molar-refractivity contribution is 6.30. The number of nitrogens with one attached hydrogen (secondary N) is 1. The second kappa shape index (κ2) is 6.73.